The van der Waals surface area contributed by atoms with Crippen molar-refractivity contribution in [1.82, 2.24) is 4.90 Å². The number of carbonyl (C=O) groups excluding carboxylic acids is 1. The van der Waals surface area contributed by atoms with Gasteiger partial charge in [0.25, 0.3) is 10.1 Å². The lowest BCUT2D eigenvalue weighted by Gasteiger charge is -2.47. The van der Waals surface area contributed by atoms with E-state index in [1.165, 1.54) is 12.1 Å². The molecule has 2 atom stereocenters. The van der Waals surface area contributed by atoms with Crippen LogP contribution in [0.1, 0.15) is 5.56 Å². The number of fused-ring (bicyclic) bond motifs is 1. The van der Waals surface area contributed by atoms with Crippen LogP contribution in [0.5, 0.6) is 0 Å². The molecule has 0 aromatic heterocycles. The van der Waals surface area contributed by atoms with Crippen LogP contribution in [0.4, 0.5) is 0 Å². The van der Waals surface area contributed by atoms with Crippen molar-refractivity contribution in [2.75, 3.05) is 12.0 Å². The third-order valence-corrected chi connectivity index (χ3v) is 6.39. The van der Waals surface area contributed by atoms with Crippen LogP contribution in [0.3, 0.4) is 0 Å². The fourth-order valence-corrected chi connectivity index (χ4v) is 4.70. The van der Waals surface area contributed by atoms with E-state index in [4.69, 9.17) is 15.4 Å². The van der Waals surface area contributed by atoms with Crippen LogP contribution < -0.4 is 5.73 Å². The number of hydrogen-bond acceptors (Lipinski definition) is 9. The van der Waals surface area contributed by atoms with Gasteiger partial charge in [0.15, 0.2) is 11.5 Å². The number of carbonyl (C=O) groups is 2. The minimum Gasteiger partial charge on any atom is -0.476 e. The lowest BCUT2D eigenvalue weighted by Crippen LogP contribution is -2.68. The number of nitrogens with two attached hydrogens (primary N) is 1. The number of carboxylic acid groups (broad SMARTS) is 1. The maximum Gasteiger partial charge on any atom is 0.356 e. The summed E-state index contributed by atoms with van der Waals surface area (Å²) in [7, 11) is -7.86. The van der Waals surface area contributed by atoms with Crippen molar-refractivity contribution in [2.24, 2.45) is 5.73 Å². The molecule has 2 aliphatic rings. The SMILES string of the molecule is CS(=O)(=O)OC1=C(C(=O)O)N2C(=O)[C@@H](N)[C@H]2SC1.Cc1ccc(S(=O)(=O)O)cc1. The number of thioether (sulfide) groups is 1. The molecule has 1 aromatic rings. The second-order valence-electron chi connectivity index (χ2n) is 6.09. The Hall–Kier alpha value is -2.13. The Balaban J connectivity index is 0.000000234. The summed E-state index contributed by atoms with van der Waals surface area (Å²) in [6.07, 6.45) is 0.805. The van der Waals surface area contributed by atoms with Gasteiger partial charge in [0.2, 0.25) is 5.91 Å². The predicted octanol–water partition coefficient (Wildman–Crippen LogP) is -0.257. The Morgan fingerprint density at radius 1 is 1.24 bits per heavy atom. The quantitative estimate of drug-likeness (QED) is 0.302. The molecule has 160 valence electrons. The van der Waals surface area contributed by atoms with E-state index in [-0.39, 0.29) is 16.4 Å². The van der Waals surface area contributed by atoms with Crippen molar-refractivity contribution in [3.8, 4) is 0 Å². The molecular formula is C15H18N2O9S3. The highest BCUT2D eigenvalue weighted by atomic mass is 32.2. The average molecular weight is 467 g/mol. The Kier molecular flexibility index (Phi) is 6.64. The van der Waals surface area contributed by atoms with Gasteiger partial charge in [-0.25, -0.2) is 4.79 Å². The third kappa shape index (κ3) is 5.48. The molecule has 1 aromatic carbocycles. The van der Waals surface area contributed by atoms with E-state index in [0.717, 1.165) is 28.5 Å². The van der Waals surface area contributed by atoms with Crippen LogP contribution in [-0.2, 0) is 34.0 Å². The molecule has 29 heavy (non-hydrogen) atoms. The highest BCUT2D eigenvalue weighted by Crippen LogP contribution is 2.39. The lowest BCUT2D eigenvalue weighted by molar-refractivity contribution is -0.148. The number of benzene rings is 1. The summed E-state index contributed by atoms with van der Waals surface area (Å²) >= 11 is 1.16. The molecule has 1 amide bonds. The van der Waals surface area contributed by atoms with E-state index in [1.807, 2.05) is 6.92 Å². The molecule has 3 rings (SSSR count). The zero-order valence-electron chi connectivity index (χ0n) is 15.2. The monoisotopic (exact) mass is 466 g/mol. The summed E-state index contributed by atoms with van der Waals surface area (Å²) in [5.74, 6) is -2.19. The van der Waals surface area contributed by atoms with Crippen molar-refractivity contribution in [2.45, 2.75) is 23.2 Å². The van der Waals surface area contributed by atoms with Crippen LogP contribution in [0.15, 0.2) is 40.6 Å². The molecule has 0 bridgehead atoms. The fraction of sp³-hybridized carbons (Fsp3) is 0.333. The Labute approximate surface area is 171 Å². The van der Waals surface area contributed by atoms with Gasteiger partial charge in [-0.1, -0.05) is 17.7 Å². The fourth-order valence-electron chi connectivity index (χ4n) is 2.44. The number of carboxylic acids is 1. The maximum atomic E-state index is 11.5. The molecule has 4 N–H and O–H groups in total. The topological polar surface area (TPSA) is 181 Å². The van der Waals surface area contributed by atoms with Crippen LogP contribution in [0, 0.1) is 6.92 Å². The van der Waals surface area contributed by atoms with E-state index in [2.05, 4.69) is 4.18 Å². The number of β-lactam (4-membered cyclic amide) rings is 1. The van der Waals surface area contributed by atoms with Gasteiger partial charge < -0.3 is 15.0 Å². The summed E-state index contributed by atoms with van der Waals surface area (Å²) in [6, 6.07) is 5.23. The molecule has 0 unspecified atom stereocenters. The van der Waals surface area contributed by atoms with Crippen molar-refractivity contribution in [1.29, 1.82) is 0 Å². The van der Waals surface area contributed by atoms with Crippen LogP contribution in [0.2, 0.25) is 0 Å². The third-order valence-electron chi connectivity index (χ3n) is 3.75. The molecule has 2 aliphatic heterocycles. The van der Waals surface area contributed by atoms with Crippen LogP contribution in [0.25, 0.3) is 0 Å². The zero-order chi connectivity index (χ0) is 22.1. The smallest absolute Gasteiger partial charge is 0.356 e. The van der Waals surface area contributed by atoms with E-state index >= 15 is 0 Å². The van der Waals surface area contributed by atoms with Gasteiger partial charge in [-0.3, -0.25) is 14.2 Å². The van der Waals surface area contributed by atoms with E-state index in [1.54, 1.807) is 12.1 Å². The summed E-state index contributed by atoms with van der Waals surface area (Å²) in [5.41, 5.74) is 6.03. The van der Waals surface area contributed by atoms with Crippen molar-refractivity contribution in [3.63, 3.8) is 0 Å². The van der Waals surface area contributed by atoms with Crippen molar-refractivity contribution < 1.29 is 40.3 Å². The van der Waals surface area contributed by atoms with Crippen molar-refractivity contribution >= 4 is 43.9 Å². The Bertz CT molecular complexity index is 1060. The van der Waals surface area contributed by atoms with Gasteiger partial charge in [-0.15, -0.1) is 11.8 Å². The average Bonchev–Trinajstić information content (AvgIpc) is 2.59. The molecule has 2 heterocycles. The molecule has 0 radical (unpaired) electrons. The number of nitrogens with zero attached hydrogens (tertiary/aromatic N) is 1. The minimum atomic E-state index is -4.02. The molecule has 1 saturated heterocycles. The van der Waals surface area contributed by atoms with E-state index < -0.39 is 49.2 Å². The minimum absolute atomic E-state index is 0.0385. The standard InChI is InChI=1S/C8H10N2O6S2.C7H8O3S/c1-18(14,15)16-3-2-17-7-4(9)6(11)10(7)5(3)8(12)13;1-6-2-4-7(5-3-6)11(8,9)10/h4,7H,2,9H2,1H3,(H,12,13);2-5H,1H3,(H,8,9,10)/t4-,7-;/m1./s1. The van der Waals surface area contributed by atoms with Gasteiger partial charge in [-0.2, -0.15) is 16.8 Å². The normalized spacial score (nSPS) is 21.5. The lowest BCUT2D eigenvalue weighted by atomic mass is 10.1. The van der Waals surface area contributed by atoms with Gasteiger partial charge in [0.05, 0.1) is 16.9 Å². The highest BCUT2D eigenvalue weighted by Gasteiger charge is 2.52. The molecule has 0 saturated carbocycles. The number of rotatable bonds is 4. The maximum absolute atomic E-state index is 11.5. The molecule has 1 fully saturated rings. The first kappa shape index (κ1) is 23.2. The van der Waals surface area contributed by atoms with Crippen molar-refractivity contribution in [3.05, 3.63) is 41.3 Å². The molecular weight excluding hydrogens is 448 g/mol. The second-order valence-corrected chi connectivity index (χ2v) is 10.2. The first-order valence-corrected chi connectivity index (χ1v) is 12.1. The van der Waals surface area contributed by atoms with E-state index in [9.17, 15) is 26.4 Å². The summed E-state index contributed by atoms with van der Waals surface area (Å²) < 4.78 is 56.2. The largest absolute Gasteiger partial charge is 0.476 e. The highest BCUT2D eigenvalue weighted by molar-refractivity contribution is 8.00. The summed E-state index contributed by atoms with van der Waals surface area (Å²) in [6.45, 7) is 1.84. The number of aliphatic carboxylic acids is 1. The predicted molar refractivity (Wildman–Crippen MR) is 103 cm³/mol. The summed E-state index contributed by atoms with van der Waals surface area (Å²) in [5, 5.41) is 8.58. The zero-order valence-corrected chi connectivity index (χ0v) is 17.6. The second kappa shape index (κ2) is 8.31. The molecule has 0 aliphatic carbocycles. The molecule has 11 nitrogen and oxygen atoms in total. The van der Waals surface area contributed by atoms with Gasteiger partial charge >= 0.3 is 16.1 Å². The van der Waals surface area contributed by atoms with Crippen LogP contribution in [-0.4, -0.2) is 66.7 Å². The Morgan fingerprint density at radius 3 is 2.24 bits per heavy atom. The van der Waals surface area contributed by atoms with Crippen LogP contribution >= 0.6 is 11.8 Å². The first-order chi connectivity index (χ1) is 13.2. The molecule has 14 heteroatoms. The van der Waals surface area contributed by atoms with Gasteiger partial charge in [0, 0.05) is 0 Å². The van der Waals surface area contributed by atoms with Gasteiger partial charge in [0.1, 0.15) is 11.4 Å². The van der Waals surface area contributed by atoms with Gasteiger partial charge in [-0.05, 0) is 19.1 Å². The Morgan fingerprint density at radius 2 is 1.79 bits per heavy atom. The number of aryl methyl sites for hydroxylation is 1. The number of amides is 1. The number of hydrogen-bond donors (Lipinski definition) is 3. The van der Waals surface area contributed by atoms with E-state index in [0.29, 0.717) is 0 Å². The first-order valence-electron chi connectivity index (χ1n) is 7.82. The molecule has 0 spiro atoms. The summed E-state index contributed by atoms with van der Waals surface area (Å²) in [4.78, 5) is 23.5.